The Morgan fingerprint density at radius 2 is 0.833 bits per heavy atom. The highest BCUT2D eigenvalue weighted by molar-refractivity contribution is 7.49. The van der Waals surface area contributed by atoms with Crippen LogP contribution in [0.2, 0.25) is 0 Å². The lowest BCUT2D eigenvalue weighted by Gasteiger charge is -2.21. The van der Waals surface area contributed by atoms with Crippen molar-refractivity contribution in [1.82, 2.24) is 0 Å². The molecular formula is C33H37O12P3. The SMILES string of the molecule is CCOP(=O)(OC)Oc1ccc(/C=C/c2cc(OP(=O)(OCC)Oc3ccccc3)cc(OP(=O)(OCC)Oc3ccccc3)c2)cc1. The van der Waals surface area contributed by atoms with Gasteiger partial charge in [-0.25, -0.2) is 13.7 Å². The van der Waals surface area contributed by atoms with E-state index in [4.69, 9.17) is 40.7 Å². The first-order valence-electron chi connectivity index (χ1n) is 14.9. The van der Waals surface area contributed by atoms with Gasteiger partial charge in [-0.2, -0.15) is 0 Å². The van der Waals surface area contributed by atoms with Gasteiger partial charge in [0.05, 0.1) is 19.8 Å². The number of phosphoric acid groups is 3. The quantitative estimate of drug-likeness (QED) is 0.0674. The van der Waals surface area contributed by atoms with Crippen molar-refractivity contribution in [2.24, 2.45) is 0 Å². The lowest BCUT2D eigenvalue weighted by atomic mass is 10.1. The molecule has 0 fully saturated rings. The zero-order valence-electron chi connectivity index (χ0n) is 26.8. The maximum absolute atomic E-state index is 13.7. The summed E-state index contributed by atoms with van der Waals surface area (Å²) in [5.41, 5.74) is 1.23. The minimum absolute atomic E-state index is 0.0256. The normalized spacial score (nSPS) is 15.1. The molecule has 3 atom stereocenters. The molecule has 4 aromatic carbocycles. The van der Waals surface area contributed by atoms with Crippen molar-refractivity contribution in [3.05, 3.63) is 114 Å². The van der Waals surface area contributed by atoms with Crippen LogP contribution in [0.4, 0.5) is 0 Å². The number of hydrogen-bond donors (Lipinski definition) is 0. The monoisotopic (exact) mass is 718 g/mol. The molecule has 0 heterocycles. The third kappa shape index (κ3) is 11.4. The van der Waals surface area contributed by atoms with E-state index < -0.39 is 23.5 Å². The third-order valence-corrected chi connectivity index (χ3v) is 10.3. The Morgan fingerprint density at radius 3 is 1.27 bits per heavy atom. The zero-order valence-corrected chi connectivity index (χ0v) is 29.5. The van der Waals surface area contributed by atoms with Gasteiger partial charge in [0.25, 0.3) is 0 Å². The molecule has 0 saturated heterocycles. The molecule has 4 rings (SSSR count). The van der Waals surface area contributed by atoms with Crippen molar-refractivity contribution in [3.63, 3.8) is 0 Å². The Morgan fingerprint density at radius 1 is 0.458 bits per heavy atom. The second kappa shape index (κ2) is 17.5. The highest BCUT2D eigenvalue weighted by atomic mass is 31.2. The molecule has 0 saturated carbocycles. The molecule has 0 N–H and O–H groups in total. The summed E-state index contributed by atoms with van der Waals surface area (Å²) in [5.74, 6) is 0.881. The molecule has 0 aliphatic rings. The van der Waals surface area contributed by atoms with E-state index >= 15 is 0 Å². The average Bonchev–Trinajstić information content (AvgIpc) is 3.05. The van der Waals surface area contributed by atoms with Gasteiger partial charge in [0.1, 0.15) is 28.7 Å². The smallest absolute Gasteiger partial charge is 0.404 e. The van der Waals surface area contributed by atoms with Crippen LogP contribution in [-0.2, 0) is 31.8 Å². The second-order valence-corrected chi connectivity index (χ2v) is 14.2. The van der Waals surface area contributed by atoms with E-state index in [2.05, 4.69) is 0 Å². The van der Waals surface area contributed by atoms with Crippen molar-refractivity contribution >= 4 is 35.6 Å². The summed E-state index contributed by atoms with van der Waals surface area (Å²) in [6.07, 6.45) is 3.47. The Bertz CT molecular complexity index is 1680. The van der Waals surface area contributed by atoms with Crippen molar-refractivity contribution in [2.45, 2.75) is 20.8 Å². The van der Waals surface area contributed by atoms with Crippen molar-refractivity contribution in [1.29, 1.82) is 0 Å². The van der Waals surface area contributed by atoms with Gasteiger partial charge in [-0.15, -0.1) is 0 Å². The van der Waals surface area contributed by atoms with Crippen molar-refractivity contribution in [2.75, 3.05) is 26.9 Å². The Hall–Kier alpha value is -3.85. The van der Waals surface area contributed by atoms with Crippen LogP contribution in [0.5, 0.6) is 28.7 Å². The van der Waals surface area contributed by atoms with Crippen molar-refractivity contribution < 1.29 is 54.4 Å². The third-order valence-electron chi connectivity index (χ3n) is 5.91. The van der Waals surface area contributed by atoms with E-state index in [-0.39, 0.29) is 48.6 Å². The molecule has 0 bridgehead atoms. The predicted molar refractivity (Wildman–Crippen MR) is 183 cm³/mol. The summed E-state index contributed by atoms with van der Waals surface area (Å²) < 4.78 is 89.1. The largest absolute Gasteiger partial charge is 0.587 e. The number of hydrogen-bond acceptors (Lipinski definition) is 12. The molecule has 0 aliphatic carbocycles. The van der Waals surface area contributed by atoms with E-state index in [1.54, 1.807) is 130 Å². The first-order chi connectivity index (χ1) is 23.1. The van der Waals surface area contributed by atoms with Gasteiger partial charge < -0.3 is 22.6 Å². The van der Waals surface area contributed by atoms with Crippen molar-refractivity contribution in [3.8, 4) is 28.7 Å². The summed E-state index contributed by atoms with van der Waals surface area (Å²) in [5, 5.41) is 0. The van der Waals surface area contributed by atoms with E-state index in [1.807, 2.05) is 0 Å². The Kier molecular flexibility index (Phi) is 13.5. The zero-order chi connectivity index (χ0) is 34.5. The minimum Gasteiger partial charge on any atom is -0.404 e. The van der Waals surface area contributed by atoms with Gasteiger partial charge in [0.2, 0.25) is 0 Å². The molecule has 4 aromatic rings. The van der Waals surface area contributed by atoms with Crippen LogP contribution in [0.15, 0.2) is 103 Å². The second-order valence-electron chi connectivity index (χ2n) is 9.50. The van der Waals surface area contributed by atoms with Crippen LogP contribution in [-0.4, -0.2) is 26.9 Å². The van der Waals surface area contributed by atoms with Crippen LogP contribution in [0.1, 0.15) is 31.9 Å². The highest BCUT2D eigenvalue weighted by Crippen LogP contribution is 2.53. The lowest BCUT2D eigenvalue weighted by molar-refractivity contribution is 0.187. The average molecular weight is 719 g/mol. The van der Waals surface area contributed by atoms with E-state index in [0.717, 1.165) is 5.56 Å². The fourth-order valence-electron chi connectivity index (χ4n) is 3.97. The first kappa shape index (κ1) is 37.0. The maximum atomic E-state index is 13.7. The van der Waals surface area contributed by atoms with E-state index in [9.17, 15) is 13.7 Å². The van der Waals surface area contributed by atoms with Crippen LogP contribution in [0.3, 0.4) is 0 Å². The maximum Gasteiger partial charge on any atom is 0.587 e. The molecule has 15 heteroatoms. The molecule has 256 valence electrons. The van der Waals surface area contributed by atoms with Crippen LogP contribution in [0, 0.1) is 0 Å². The fourth-order valence-corrected chi connectivity index (χ4v) is 7.30. The number of benzene rings is 4. The van der Waals surface area contributed by atoms with E-state index in [1.165, 1.54) is 13.2 Å². The van der Waals surface area contributed by atoms with Gasteiger partial charge in [0.15, 0.2) is 0 Å². The summed E-state index contributed by atoms with van der Waals surface area (Å²) in [6.45, 7) is 5.19. The topological polar surface area (TPSA) is 134 Å². The molecule has 12 nitrogen and oxygen atoms in total. The summed E-state index contributed by atoms with van der Waals surface area (Å²) >= 11 is 0. The van der Waals surface area contributed by atoms with Gasteiger partial charge in [-0.3, -0.25) is 18.1 Å². The molecule has 48 heavy (non-hydrogen) atoms. The van der Waals surface area contributed by atoms with Crippen LogP contribution < -0.4 is 22.6 Å². The van der Waals surface area contributed by atoms with E-state index in [0.29, 0.717) is 5.56 Å². The van der Waals surface area contributed by atoms with Gasteiger partial charge in [-0.1, -0.05) is 60.7 Å². The van der Waals surface area contributed by atoms with Gasteiger partial charge >= 0.3 is 23.5 Å². The van der Waals surface area contributed by atoms with Crippen LogP contribution in [0.25, 0.3) is 12.2 Å². The summed E-state index contributed by atoms with van der Waals surface area (Å²) in [4.78, 5) is 0. The minimum atomic E-state index is -4.20. The molecule has 0 spiro atoms. The number of rotatable bonds is 19. The number of phosphoric ester groups is 3. The molecular weight excluding hydrogens is 681 g/mol. The first-order valence-corrected chi connectivity index (χ1v) is 19.3. The summed E-state index contributed by atoms with van der Waals surface area (Å²) in [7, 11) is -10.9. The molecule has 0 radical (unpaired) electrons. The Balaban J connectivity index is 1.66. The number of para-hydroxylation sites is 2. The molecule has 0 aromatic heterocycles. The molecule has 0 aliphatic heterocycles. The highest BCUT2D eigenvalue weighted by Gasteiger charge is 2.33. The lowest BCUT2D eigenvalue weighted by Crippen LogP contribution is -2.06. The summed E-state index contributed by atoms with van der Waals surface area (Å²) in [6, 6.07) is 28.1. The molecule has 3 unspecified atom stereocenters. The van der Waals surface area contributed by atoms with Gasteiger partial charge in [-0.05, 0) is 80.4 Å². The predicted octanol–water partition coefficient (Wildman–Crippen LogP) is 10.2. The standard InChI is InChI=1S/C33H37O12P3/c1-5-38-46(34,37-4)41-31-22-20-27(21-23-31)18-19-28-24-32(44-47(35,39-6-2)42-29-14-10-8-11-15-29)26-33(25-28)45-48(36,40-7-3)43-30-16-12-9-13-17-30/h8-26H,5-7H2,1-4H3/b19-18+. The molecule has 0 amide bonds. The fraction of sp³-hybridized carbons (Fsp3) is 0.212. The van der Waals surface area contributed by atoms with Crippen LogP contribution >= 0.6 is 23.5 Å². The Labute approximate surface area is 280 Å². The van der Waals surface area contributed by atoms with Gasteiger partial charge in [0, 0.05) is 13.2 Å².